The third-order valence-corrected chi connectivity index (χ3v) is 3.16. The second-order valence-electron chi connectivity index (χ2n) is 4.31. The predicted molar refractivity (Wildman–Crippen MR) is 57.3 cm³/mol. The summed E-state index contributed by atoms with van der Waals surface area (Å²) in [6.45, 7) is 0. The van der Waals surface area contributed by atoms with E-state index in [0.29, 0.717) is 0 Å². The topological polar surface area (TPSA) is 0 Å². The predicted octanol–water partition coefficient (Wildman–Crippen LogP) is 6.37. The maximum absolute atomic E-state index is 13.0. The first kappa shape index (κ1) is 20.6. The van der Waals surface area contributed by atoms with Gasteiger partial charge in [-0.05, 0) is 24.6 Å². The molecule has 11 heteroatoms. The van der Waals surface area contributed by atoms with Crippen molar-refractivity contribution in [3.8, 4) is 0 Å². The van der Waals surface area contributed by atoms with Crippen molar-refractivity contribution in [2.24, 2.45) is 0 Å². The van der Waals surface area contributed by atoms with E-state index in [4.69, 9.17) is 0 Å². The molecule has 0 fully saturated rings. The fourth-order valence-electron chi connectivity index (χ4n) is 1.31. The Balaban J connectivity index is 4.21. The number of thioether (sulfide) groups is 1. The number of halogens is 10. The molecule has 0 nitrogen and oxygen atoms in total. The zero-order chi connectivity index (χ0) is 16.9. The molecule has 0 aliphatic carbocycles. The summed E-state index contributed by atoms with van der Waals surface area (Å²) in [5.74, 6) is 0. The van der Waals surface area contributed by atoms with E-state index in [1.54, 1.807) is 0 Å². The summed E-state index contributed by atoms with van der Waals surface area (Å²) in [7, 11) is 0. The first-order valence-electron chi connectivity index (χ1n) is 5.71. The van der Waals surface area contributed by atoms with Crippen LogP contribution >= 0.6 is 11.8 Å². The maximum Gasteiger partial charge on any atom is 0.389 e. The fraction of sp³-hybridized carbons (Fsp3) is 1.00. The lowest BCUT2D eigenvalue weighted by Crippen LogP contribution is -2.23. The van der Waals surface area contributed by atoms with Crippen LogP contribution in [0.25, 0.3) is 0 Å². The van der Waals surface area contributed by atoms with Gasteiger partial charge in [0.05, 0.1) is 0 Å². The van der Waals surface area contributed by atoms with Crippen LogP contribution in [0, 0.1) is 0 Å². The van der Waals surface area contributed by atoms with Gasteiger partial charge in [-0.15, -0.1) is 0 Å². The zero-order valence-electron chi connectivity index (χ0n) is 10.4. The van der Waals surface area contributed by atoms with Gasteiger partial charge >= 0.3 is 12.4 Å². The molecule has 0 aliphatic heterocycles. The van der Waals surface area contributed by atoms with Crippen molar-refractivity contribution in [2.45, 2.75) is 61.4 Å². The number of rotatable bonds is 8. The van der Waals surface area contributed by atoms with Crippen molar-refractivity contribution in [1.29, 1.82) is 0 Å². The largest absolute Gasteiger partial charge is 0.389 e. The van der Waals surface area contributed by atoms with E-state index in [-0.39, 0.29) is 0 Å². The molecule has 0 aromatic carbocycles. The first-order chi connectivity index (χ1) is 9.12. The molecule has 0 unspecified atom stereocenters. The van der Waals surface area contributed by atoms with E-state index in [1.807, 2.05) is 0 Å². The monoisotopic (exact) mass is 354 g/mol. The van der Waals surface area contributed by atoms with E-state index in [1.165, 1.54) is 0 Å². The fourth-order valence-corrected chi connectivity index (χ4v) is 2.24. The minimum atomic E-state index is -4.67. The Morgan fingerprint density at radius 3 is 1.00 bits per heavy atom. The summed E-state index contributed by atoms with van der Waals surface area (Å²) < 4.78 is 123. The van der Waals surface area contributed by atoms with Gasteiger partial charge in [-0.3, -0.25) is 0 Å². The van der Waals surface area contributed by atoms with Crippen LogP contribution in [0.5, 0.6) is 0 Å². The maximum atomic E-state index is 13.0. The molecule has 0 aromatic rings. The van der Waals surface area contributed by atoms with Gasteiger partial charge in [0, 0.05) is 25.7 Å². The normalized spacial score (nSPS) is 14.6. The van der Waals surface area contributed by atoms with E-state index in [0.717, 1.165) is 0 Å². The van der Waals surface area contributed by atoms with E-state index in [2.05, 4.69) is 0 Å². The molecule has 0 aromatic heterocycles. The summed E-state index contributed by atoms with van der Waals surface area (Å²) in [5, 5.41) is -8.26. The molecule has 0 atom stereocenters. The Kier molecular flexibility index (Phi) is 7.15. The van der Waals surface area contributed by atoms with Gasteiger partial charge in [0.15, 0.2) is 0 Å². The number of hydrogen-bond acceptors (Lipinski definition) is 1. The molecular weight excluding hydrogens is 342 g/mol. The molecule has 0 aliphatic rings. The van der Waals surface area contributed by atoms with Gasteiger partial charge in [-0.25, -0.2) is 0 Å². The third-order valence-electron chi connectivity index (χ3n) is 2.15. The summed E-state index contributed by atoms with van der Waals surface area (Å²) >= 11 is -1.20. The van der Waals surface area contributed by atoms with E-state index < -0.39 is 73.1 Å². The Morgan fingerprint density at radius 2 is 0.762 bits per heavy atom. The van der Waals surface area contributed by atoms with Crippen LogP contribution in [0.15, 0.2) is 0 Å². The minimum absolute atomic E-state index is 1.04. The molecule has 0 bridgehead atoms. The van der Waals surface area contributed by atoms with E-state index >= 15 is 0 Å². The quantitative estimate of drug-likeness (QED) is 0.456. The van der Waals surface area contributed by atoms with Gasteiger partial charge in [0.2, 0.25) is 0 Å². The number of alkyl halides is 10. The molecule has 0 radical (unpaired) electrons. The molecule has 0 spiro atoms. The molecular formula is C10H12F10S. The van der Waals surface area contributed by atoms with Crippen LogP contribution in [0.2, 0.25) is 0 Å². The van der Waals surface area contributed by atoms with Gasteiger partial charge in [0.1, 0.15) is 0 Å². The molecule has 21 heavy (non-hydrogen) atoms. The highest BCUT2D eigenvalue weighted by Crippen LogP contribution is 2.47. The average Bonchev–Trinajstić information content (AvgIpc) is 2.09. The summed E-state index contributed by atoms with van der Waals surface area (Å²) in [5.41, 5.74) is 0. The Labute approximate surface area is 118 Å². The highest BCUT2D eigenvalue weighted by Gasteiger charge is 2.44. The van der Waals surface area contributed by atoms with Crippen LogP contribution in [0.4, 0.5) is 43.9 Å². The summed E-state index contributed by atoms with van der Waals surface area (Å²) in [4.78, 5) is 0. The Morgan fingerprint density at radius 1 is 0.476 bits per heavy atom. The number of hydrogen-bond donors (Lipinski definition) is 0. The smallest absolute Gasteiger partial charge is 0.194 e. The molecule has 0 N–H and O–H groups in total. The molecule has 0 rings (SSSR count). The first-order valence-corrected chi connectivity index (χ1v) is 6.53. The Hall–Kier alpha value is -0.350. The van der Waals surface area contributed by atoms with Crippen molar-refractivity contribution in [3.63, 3.8) is 0 Å². The lowest BCUT2D eigenvalue weighted by atomic mass is 10.2. The molecule has 0 saturated heterocycles. The van der Waals surface area contributed by atoms with Gasteiger partial charge < -0.3 is 0 Å². The lowest BCUT2D eigenvalue weighted by molar-refractivity contribution is -0.137. The standard InChI is InChI=1S/C10H12F10S/c11-7(12,13)3-1-5-9(17,18)21-10(19,20)6-2-4-8(14,15)16/h1-6H2. The van der Waals surface area contributed by atoms with Crippen molar-refractivity contribution in [1.82, 2.24) is 0 Å². The van der Waals surface area contributed by atoms with Crippen molar-refractivity contribution in [2.75, 3.05) is 0 Å². The van der Waals surface area contributed by atoms with Gasteiger partial charge in [-0.1, -0.05) is 0 Å². The molecule has 0 saturated carbocycles. The summed E-state index contributed by atoms with van der Waals surface area (Å²) in [6.07, 6.45) is -17.3. The summed E-state index contributed by atoms with van der Waals surface area (Å²) in [6, 6.07) is 0. The van der Waals surface area contributed by atoms with Crippen molar-refractivity contribution < 1.29 is 43.9 Å². The van der Waals surface area contributed by atoms with Crippen LogP contribution < -0.4 is 0 Å². The van der Waals surface area contributed by atoms with Crippen molar-refractivity contribution >= 4 is 11.8 Å². The molecule has 0 amide bonds. The Bertz CT molecular complexity index is 276. The average molecular weight is 354 g/mol. The minimum Gasteiger partial charge on any atom is -0.194 e. The van der Waals surface area contributed by atoms with Gasteiger partial charge in [0.25, 0.3) is 10.5 Å². The van der Waals surface area contributed by atoms with Crippen LogP contribution in [-0.4, -0.2) is 22.9 Å². The highest BCUT2D eigenvalue weighted by atomic mass is 32.2. The third kappa shape index (κ3) is 13.1. The second kappa shape index (κ2) is 7.28. The zero-order valence-corrected chi connectivity index (χ0v) is 11.2. The molecule has 0 heterocycles. The van der Waals surface area contributed by atoms with Crippen LogP contribution in [0.3, 0.4) is 0 Å². The van der Waals surface area contributed by atoms with Crippen LogP contribution in [-0.2, 0) is 0 Å². The van der Waals surface area contributed by atoms with Crippen LogP contribution in [0.1, 0.15) is 38.5 Å². The second-order valence-corrected chi connectivity index (χ2v) is 5.71. The molecule has 128 valence electrons. The highest BCUT2D eigenvalue weighted by molar-refractivity contribution is 8.01. The van der Waals surface area contributed by atoms with Crippen molar-refractivity contribution in [3.05, 3.63) is 0 Å². The SMILES string of the molecule is FC(F)(F)CCCC(F)(F)SC(F)(F)CCCC(F)(F)F. The van der Waals surface area contributed by atoms with Gasteiger partial charge in [-0.2, -0.15) is 43.9 Å². The lowest BCUT2D eigenvalue weighted by Gasteiger charge is -2.22. The van der Waals surface area contributed by atoms with E-state index in [9.17, 15) is 43.9 Å².